The highest BCUT2D eigenvalue weighted by Crippen LogP contribution is 2.03. The van der Waals surface area contributed by atoms with Gasteiger partial charge in [0.25, 0.3) is 0 Å². The molecule has 0 rings (SSSR count). The predicted molar refractivity (Wildman–Crippen MR) is 258 cm³/mol. The maximum absolute atomic E-state index is 13.2. The SMILES string of the molecule is CN[C@@H](CC(N)=O)C(=O)NCC(=O)N[C@@H](CCCN=C(N)N)C(=O)NCC(=O)N[C@@H](CCCN)C(=O)NCC(=O)N[C@@H](CCCN)C(=O)NCC(=O)N[C@@H](CCC(=O)O)C(=O)NCC(=O)N[C@@H](CC(N)=O)C(N)=O. The second-order valence-electron chi connectivity index (χ2n) is 16.0. The van der Waals surface area contributed by atoms with Crippen molar-refractivity contribution in [3.63, 3.8) is 0 Å². The first-order chi connectivity index (χ1) is 34.8. The number of primary amides is 3. The van der Waals surface area contributed by atoms with E-state index in [2.05, 4.69) is 63.5 Å². The van der Waals surface area contributed by atoms with E-state index < -0.39 is 171 Å². The smallest absolute Gasteiger partial charge is 0.303 e. The third-order valence-electron chi connectivity index (χ3n) is 9.86. The summed E-state index contributed by atoms with van der Waals surface area (Å²) >= 11 is 0. The molecule has 0 aromatic carbocycles. The number of aliphatic imine (C=N–C) groups is 1. The molecule has 0 aromatic heterocycles. The molecular formula is C40H71N19O15. The molecule has 0 aromatic rings. The van der Waals surface area contributed by atoms with Gasteiger partial charge in [0.15, 0.2) is 5.96 Å². The van der Waals surface area contributed by atoms with Gasteiger partial charge in [-0.25, -0.2) is 0 Å². The summed E-state index contributed by atoms with van der Waals surface area (Å²) in [7, 11) is 1.40. The van der Waals surface area contributed by atoms with Crippen molar-refractivity contribution in [2.45, 2.75) is 100 Å². The Hall–Kier alpha value is -8.27. The number of hydrogen-bond acceptors (Lipinski definition) is 18. The van der Waals surface area contributed by atoms with E-state index in [0.717, 1.165) is 0 Å². The van der Waals surface area contributed by atoms with E-state index in [4.69, 9.17) is 45.2 Å². The first-order valence-electron chi connectivity index (χ1n) is 22.9. The van der Waals surface area contributed by atoms with Crippen molar-refractivity contribution in [2.75, 3.05) is 59.4 Å². The lowest BCUT2D eigenvalue weighted by Crippen LogP contribution is -2.55. The van der Waals surface area contributed by atoms with Crippen LogP contribution >= 0.6 is 0 Å². The highest BCUT2D eigenvalue weighted by atomic mass is 16.4. The first kappa shape index (κ1) is 65.7. The maximum Gasteiger partial charge on any atom is 0.303 e. The Morgan fingerprint density at radius 2 is 0.730 bits per heavy atom. The van der Waals surface area contributed by atoms with Crippen LogP contribution in [0.3, 0.4) is 0 Å². The fourth-order valence-electron chi connectivity index (χ4n) is 6.12. The second-order valence-corrected chi connectivity index (χ2v) is 16.0. The van der Waals surface area contributed by atoms with Crippen LogP contribution in [0.4, 0.5) is 0 Å². The molecular weight excluding hydrogens is 987 g/mol. The predicted octanol–water partition coefficient (Wildman–Crippen LogP) is -11.8. The maximum atomic E-state index is 13.2. The molecule has 0 saturated heterocycles. The second kappa shape index (κ2) is 36.6. The number of rotatable bonds is 39. The summed E-state index contributed by atoms with van der Waals surface area (Å²) in [5, 5.41) is 34.7. The Bertz CT molecular complexity index is 2020. The standard InChI is InChI=1S/C40H71N19O15/c1-48-25(14-27(44)61)39(74)54-18-30(64)57-22(7-4-12-49-40(46)47)37(72)52-16-29(63)56-20(5-2-10-41)35(70)50-15-28(62)55-21(6-3-11-42)36(71)51-17-31(65)58-23(8-9-33(67)68)38(73)53-19-32(66)59-24(34(45)69)13-26(43)60/h20-25,48H,2-19,41-42H2,1H3,(H2,43,60)(H2,44,61)(H2,45,69)(H,50,70)(H,51,71)(H,52,72)(H,53,73)(H,54,74)(H,55,62)(H,56,63)(H,57,64)(H,58,65)(H,59,66)(H,67,68)(H4,46,47,49)/t20-,21-,22-,23-,24-,25-/m0/s1. The third-order valence-corrected chi connectivity index (χ3v) is 9.86. The number of amides is 13. The summed E-state index contributed by atoms with van der Waals surface area (Å²) in [4.78, 5) is 178. The zero-order chi connectivity index (χ0) is 56.3. The van der Waals surface area contributed by atoms with Crippen molar-refractivity contribution in [3.05, 3.63) is 0 Å². The van der Waals surface area contributed by atoms with Crippen LogP contribution in [0.15, 0.2) is 4.99 Å². The first-order valence-corrected chi connectivity index (χ1v) is 22.9. The Morgan fingerprint density at radius 1 is 0.432 bits per heavy atom. The van der Waals surface area contributed by atoms with Crippen LogP contribution in [0.5, 0.6) is 0 Å². The fourth-order valence-corrected chi connectivity index (χ4v) is 6.12. The van der Waals surface area contributed by atoms with E-state index in [1.54, 1.807) is 0 Å². The average molecular weight is 1060 g/mol. The molecule has 0 heterocycles. The lowest BCUT2D eigenvalue weighted by molar-refractivity contribution is -0.138. The van der Waals surface area contributed by atoms with Gasteiger partial charge in [-0.15, -0.1) is 0 Å². The van der Waals surface area contributed by atoms with Gasteiger partial charge in [-0.2, -0.15) is 0 Å². The molecule has 26 N–H and O–H groups in total. The minimum absolute atomic E-state index is 0.0276. The van der Waals surface area contributed by atoms with Crippen LogP contribution in [0.2, 0.25) is 0 Å². The number of carbonyl (C=O) groups is 14. The van der Waals surface area contributed by atoms with Crippen LogP contribution in [0, 0.1) is 0 Å². The Morgan fingerprint density at radius 3 is 1.01 bits per heavy atom. The highest BCUT2D eigenvalue weighted by molar-refractivity contribution is 5.97. The van der Waals surface area contributed by atoms with Gasteiger partial charge < -0.3 is 104 Å². The summed E-state index contributed by atoms with van der Waals surface area (Å²) in [5.41, 5.74) is 37.2. The number of guanidine groups is 1. The van der Waals surface area contributed by atoms with Gasteiger partial charge in [0, 0.05) is 13.0 Å². The van der Waals surface area contributed by atoms with Crippen molar-refractivity contribution in [3.8, 4) is 0 Å². The number of likely N-dealkylation sites (N-methyl/N-ethyl adjacent to an activating group) is 1. The number of nitrogens with one attached hydrogen (secondary N) is 11. The summed E-state index contributed by atoms with van der Waals surface area (Å²) in [6, 6.07) is -7.96. The lowest BCUT2D eigenvalue weighted by atomic mass is 10.1. The van der Waals surface area contributed by atoms with Crippen LogP contribution in [-0.4, -0.2) is 189 Å². The number of nitrogens with zero attached hydrogens (tertiary/aromatic N) is 1. The molecule has 13 amide bonds. The average Bonchev–Trinajstić information content (AvgIpc) is 3.33. The normalized spacial score (nSPS) is 13.0. The Labute approximate surface area is 423 Å². The molecule has 6 atom stereocenters. The van der Waals surface area contributed by atoms with E-state index in [-0.39, 0.29) is 70.5 Å². The molecule has 0 radical (unpaired) electrons. The molecule has 0 saturated carbocycles. The zero-order valence-corrected chi connectivity index (χ0v) is 40.8. The van der Waals surface area contributed by atoms with Gasteiger partial charge in [0.05, 0.1) is 51.6 Å². The largest absolute Gasteiger partial charge is 0.481 e. The molecule has 0 aliphatic rings. The van der Waals surface area contributed by atoms with Crippen molar-refractivity contribution >= 4 is 88.7 Å². The van der Waals surface area contributed by atoms with Crippen molar-refractivity contribution in [2.24, 2.45) is 45.1 Å². The topological polar surface area (TPSA) is 586 Å². The summed E-state index contributed by atoms with van der Waals surface area (Å²) in [5.74, 6) is -13.4. The van der Waals surface area contributed by atoms with Crippen LogP contribution in [0.25, 0.3) is 0 Å². The third kappa shape index (κ3) is 30.5. The summed E-state index contributed by atoms with van der Waals surface area (Å²) < 4.78 is 0. The van der Waals surface area contributed by atoms with Crippen molar-refractivity contribution < 1.29 is 72.2 Å². The Balaban J connectivity index is 5.60. The summed E-state index contributed by atoms with van der Waals surface area (Å²) in [6.45, 7) is -3.41. The minimum Gasteiger partial charge on any atom is -0.481 e. The van der Waals surface area contributed by atoms with Crippen LogP contribution in [0.1, 0.15) is 64.2 Å². The monoisotopic (exact) mass is 1060 g/mol. The zero-order valence-electron chi connectivity index (χ0n) is 40.8. The number of aliphatic carboxylic acids is 1. The molecule has 0 bridgehead atoms. The minimum atomic E-state index is -1.55. The molecule has 0 unspecified atom stereocenters. The molecule has 34 heteroatoms. The highest BCUT2D eigenvalue weighted by Gasteiger charge is 2.28. The van der Waals surface area contributed by atoms with E-state index in [1.807, 2.05) is 0 Å². The van der Waals surface area contributed by atoms with Gasteiger partial charge in [-0.3, -0.25) is 72.1 Å². The molecule has 416 valence electrons. The van der Waals surface area contributed by atoms with Crippen molar-refractivity contribution in [1.82, 2.24) is 58.5 Å². The molecule has 0 fully saturated rings. The van der Waals surface area contributed by atoms with E-state index in [0.29, 0.717) is 0 Å². The molecule has 34 nitrogen and oxygen atoms in total. The molecule has 0 spiro atoms. The summed E-state index contributed by atoms with van der Waals surface area (Å²) in [6.07, 6.45) is -1.62. The Kier molecular flexibility index (Phi) is 32.5. The lowest BCUT2D eigenvalue weighted by Gasteiger charge is -2.21. The van der Waals surface area contributed by atoms with E-state index in [9.17, 15) is 67.1 Å². The number of carbonyl (C=O) groups excluding carboxylic acids is 13. The van der Waals surface area contributed by atoms with Gasteiger partial charge in [-0.05, 0) is 65.1 Å². The fraction of sp³-hybridized carbons (Fsp3) is 0.625. The molecule has 0 aliphatic heterocycles. The number of carboxylic acids is 1. The van der Waals surface area contributed by atoms with E-state index in [1.165, 1.54) is 7.05 Å². The quantitative estimate of drug-likeness (QED) is 0.0154. The van der Waals surface area contributed by atoms with Crippen molar-refractivity contribution in [1.29, 1.82) is 0 Å². The van der Waals surface area contributed by atoms with E-state index >= 15 is 0 Å². The van der Waals surface area contributed by atoms with Crippen LogP contribution in [-0.2, 0) is 67.1 Å². The number of nitrogens with two attached hydrogens (primary N) is 7. The van der Waals surface area contributed by atoms with Gasteiger partial charge in [0.1, 0.15) is 30.2 Å². The number of carboxylic acid groups (broad SMARTS) is 1. The van der Waals surface area contributed by atoms with Gasteiger partial charge in [-0.1, -0.05) is 0 Å². The number of hydrogen-bond donors (Lipinski definition) is 19. The van der Waals surface area contributed by atoms with Gasteiger partial charge >= 0.3 is 5.97 Å². The molecule has 74 heavy (non-hydrogen) atoms. The molecule has 0 aliphatic carbocycles. The van der Waals surface area contributed by atoms with Crippen LogP contribution < -0.4 is 98.6 Å². The van der Waals surface area contributed by atoms with Gasteiger partial charge in [0.2, 0.25) is 76.8 Å².